The molecule has 158 valence electrons. The molecule has 3 heterocycles. The van der Waals surface area contributed by atoms with Crippen molar-refractivity contribution in [2.75, 3.05) is 19.4 Å². The Kier molecular flexibility index (Phi) is 5.79. The van der Waals surface area contributed by atoms with Crippen molar-refractivity contribution in [2.24, 2.45) is 0 Å². The first-order valence-electron chi connectivity index (χ1n) is 10.0. The first-order valence-corrected chi connectivity index (χ1v) is 10.0. The molecule has 0 saturated carbocycles. The highest BCUT2D eigenvalue weighted by Crippen LogP contribution is 2.27. The van der Waals surface area contributed by atoms with Crippen molar-refractivity contribution in [1.82, 2.24) is 24.9 Å². The van der Waals surface area contributed by atoms with E-state index < -0.39 is 0 Å². The summed E-state index contributed by atoms with van der Waals surface area (Å²) in [6, 6.07) is 15.7. The summed E-state index contributed by atoms with van der Waals surface area (Å²) < 4.78 is 6.99. The molecule has 1 atom stereocenters. The normalized spacial score (nSPS) is 11.9. The molecule has 1 amide bonds. The fourth-order valence-electron chi connectivity index (χ4n) is 3.53. The van der Waals surface area contributed by atoms with Crippen molar-refractivity contribution in [3.63, 3.8) is 0 Å². The molecule has 3 N–H and O–H groups in total. The molecule has 8 nitrogen and oxygen atoms in total. The number of methoxy groups -OCH3 is 1. The number of nitrogen functional groups attached to an aromatic ring is 1. The minimum Gasteiger partial charge on any atom is -0.480 e. The zero-order chi connectivity index (χ0) is 21.8. The minimum atomic E-state index is -0.235. The quantitative estimate of drug-likeness (QED) is 0.479. The second-order valence-electron chi connectivity index (χ2n) is 7.30. The number of aromatic nitrogens is 4. The molecule has 31 heavy (non-hydrogen) atoms. The van der Waals surface area contributed by atoms with Gasteiger partial charge in [-0.15, -0.1) is 0 Å². The number of nitrogens with one attached hydrogen (secondary N) is 1. The number of fused-ring (bicyclic) bond motifs is 1. The lowest BCUT2D eigenvalue weighted by Gasteiger charge is -2.14. The number of rotatable bonds is 7. The Labute approximate surface area is 180 Å². The zero-order valence-electron chi connectivity index (χ0n) is 17.4. The number of amides is 1. The Bertz CT molecular complexity index is 1210. The predicted octanol–water partition coefficient (Wildman–Crippen LogP) is 3.31. The smallest absolute Gasteiger partial charge is 0.256 e. The maximum absolute atomic E-state index is 12.9. The van der Waals surface area contributed by atoms with Gasteiger partial charge in [0.2, 0.25) is 5.88 Å². The first-order chi connectivity index (χ1) is 15.1. The maximum Gasteiger partial charge on any atom is 0.256 e. The lowest BCUT2D eigenvalue weighted by atomic mass is 9.98. The first kappa shape index (κ1) is 20.3. The molecule has 0 fully saturated rings. The predicted molar refractivity (Wildman–Crippen MR) is 119 cm³/mol. The monoisotopic (exact) mass is 416 g/mol. The van der Waals surface area contributed by atoms with Crippen LogP contribution in [0.5, 0.6) is 5.88 Å². The van der Waals surface area contributed by atoms with Gasteiger partial charge in [0.25, 0.3) is 5.91 Å². The molecule has 0 spiro atoms. The summed E-state index contributed by atoms with van der Waals surface area (Å²) in [6.07, 6.45) is 3.86. The summed E-state index contributed by atoms with van der Waals surface area (Å²) in [6.45, 7) is 2.69. The third-order valence-corrected chi connectivity index (χ3v) is 5.30. The highest BCUT2D eigenvalue weighted by atomic mass is 16.5. The van der Waals surface area contributed by atoms with Crippen molar-refractivity contribution in [2.45, 2.75) is 19.3 Å². The van der Waals surface area contributed by atoms with Crippen LogP contribution in [0.1, 0.15) is 35.2 Å². The van der Waals surface area contributed by atoms with Crippen LogP contribution in [0.25, 0.3) is 16.8 Å². The largest absolute Gasteiger partial charge is 0.480 e. The molecule has 8 heteroatoms. The van der Waals surface area contributed by atoms with E-state index in [4.69, 9.17) is 10.5 Å². The van der Waals surface area contributed by atoms with E-state index in [0.717, 1.165) is 17.7 Å². The molecule has 0 aliphatic heterocycles. The lowest BCUT2D eigenvalue weighted by Crippen LogP contribution is -2.26. The average Bonchev–Trinajstić information content (AvgIpc) is 3.24. The van der Waals surface area contributed by atoms with E-state index >= 15 is 0 Å². The van der Waals surface area contributed by atoms with E-state index in [-0.39, 0.29) is 11.8 Å². The standard InChI is InChI=1S/C23H24N6O2/c1-15(16-6-4-3-5-7-16)10-11-25-22(30)18-12-17(13-26-23(18)31-2)19-8-9-20-21(24)27-14-28-29(19)20/h3-9,12-15H,10-11H2,1-2H3,(H,25,30)(H2,24,27,28). The number of nitrogens with two attached hydrogens (primary N) is 1. The van der Waals surface area contributed by atoms with Gasteiger partial charge >= 0.3 is 0 Å². The summed E-state index contributed by atoms with van der Waals surface area (Å²) in [5, 5.41) is 7.24. The maximum atomic E-state index is 12.9. The number of nitrogens with zero attached hydrogens (tertiary/aromatic N) is 4. The zero-order valence-corrected chi connectivity index (χ0v) is 17.4. The van der Waals surface area contributed by atoms with Crippen LogP contribution in [0.2, 0.25) is 0 Å². The van der Waals surface area contributed by atoms with Crippen LogP contribution >= 0.6 is 0 Å². The lowest BCUT2D eigenvalue weighted by molar-refractivity contribution is 0.0949. The third kappa shape index (κ3) is 4.18. The van der Waals surface area contributed by atoms with Gasteiger partial charge in [0, 0.05) is 18.3 Å². The Morgan fingerprint density at radius 2 is 2.00 bits per heavy atom. The highest BCUT2D eigenvalue weighted by Gasteiger charge is 2.17. The molecule has 0 saturated heterocycles. The highest BCUT2D eigenvalue weighted by molar-refractivity contribution is 5.97. The molecule has 1 unspecified atom stereocenters. The number of carbonyl (C=O) groups is 1. The Morgan fingerprint density at radius 1 is 1.19 bits per heavy atom. The van der Waals surface area contributed by atoms with Gasteiger partial charge in [0.1, 0.15) is 17.4 Å². The summed E-state index contributed by atoms with van der Waals surface area (Å²) in [7, 11) is 1.50. The minimum absolute atomic E-state index is 0.235. The fourth-order valence-corrected chi connectivity index (χ4v) is 3.53. The van der Waals surface area contributed by atoms with Gasteiger partial charge in [0.05, 0.1) is 12.8 Å². The van der Waals surface area contributed by atoms with Gasteiger partial charge in [-0.1, -0.05) is 37.3 Å². The molecular formula is C23H24N6O2. The van der Waals surface area contributed by atoms with Crippen LogP contribution in [0, 0.1) is 0 Å². The number of benzene rings is 1. The Morgan fingerprint density at radius 3 is 2.77 bits per heavy atom. The molecule has 0 bridgehead atoms. The van der Waals surface area contributed by atoms with Gasteiger partial charge in [-0.05, 0) is 36.1 Å². The number of ether oxygens (including phenoxy) is 1. The molecule has 1 aromatic carbocycles. The summed E-state index contributed by atoms with van der Waals surface area (Å²) in [5.74, 6) is 0.757. The van der Waals surface area contributed by atoms with E-state index in [9.17, 15) is 4.79 Å². The number of anilines is 1. The summed E-state index contributed by atoms with van der Waals surface area (Å²) >= 11 is 0. The Hall–Kier alpha value is -3.94. The van der Waals surface area contributed by atoms with Gasteiger partial charge in [0.15, 0.2) is 5.82 Å². The molecule has 0 aliphatic rings. The van der Waals surface area contributed by atoms with Crippen molar-refractivity contribution in [3.05, 3.63) is 72.2 Å². The van der Waals surface area contributed by atoms with Crippen molar-refractivity contribution < 1.29 is 9.53 Å². The van der Waals surface area contributed by atoms with Gasteiger partial charge in [-0.3, -0.25) is 4.79 Å². The van der Waals surface area contributed by atoms with Gasteiger partial charge in [-0.25, -0.2) is 14.5 Å². The fraction of sp³-hybridized carbons (Fsp3) is 0.217. The molecule has 0 radical (unpaired) electrons. The van der Waals surface area contributed by atoms with Crippen LogP contribution in [-0.4, -0.2) is 39.1 Å². The SMILES string of the molecule is COc1ncc(-c2ccc3c(N)ncnn23)cc1C(=O)NCCC(C)c1ccccc1. The van der Waals surface area contributed by atoms with E-state index in [1.165, 1.54) is 19.0 Å². The molecule has 4 aromatic rings. The van der Waals surface area contributed by atoms with Crippen LogP contribution in [0.3, 0.4) is 0 Å². The second kappa shape index (κ2) is 8.83. The number of carbonyl (C=O) groups excluding carboxylic acids is 1. The topological polar surface area (TPSA) is 107 Å². The molecule has 0 aliphatic carbocycles. The average molecular weight is 416 g/mol. The van der Waals surface area contributed by atoms with Crippen molar-refractivity contribution >= 4 is 17.2 Å². The van der Waals surface area contributed by atoms with Crippen LogP contribution < -0.4 is 15.8 Å². The van der Waals surface area contributed by atoms with E-state index in [0.29, 0.717) is 29.4 Å². The third-order valence-electron chi connectivity index (χ3n) is 5.30. The number of hydrogen-bond acceptors (Lipinski definition) is 6. The molecule has 4 rings (SSSR count). The summed E-state index contributed by atoms with van der Waals surface area (Å²) in [5.41, 5.74) is 9.70. The second-order valence-corrected chi connectivity index (χ2v) is 7.30. The van der Waals surface area contributed by atoms with E-state index in [1.807, 2.05) is 30.3 Å². The van der Waals surface area contributed by atoms with Gasteiger partial charge in [-0.2, -0.15) is 5.10 Å². The van der Waals surface area contributed by atoms with E-state index in [2.05, 4.69) is 39.4 Å². The molecular weight excluding hydrogens is 392 g/mol. The number of hydrogen-bond donors (Lipinski definition) is 2. The van der Waals surface area contributed by atoms with Crippen molar-refractivity contribution in [1.29, 1.82) is 0 Å². The van der Waals surface area contributed by atoms with Crippen LogP contribution in [-0.2, 0) is 0 Å². The number of pyridine rings is 1. The van der Waals surface area contributed by atoms with Crippen LogP contribution in [0.4, 0.5) is 5.82 Å². The van der Waals surface area contributed by atoms with E-state index in [1.54, 1.807) is 16.8 Å². The molecule has 3 aromatic heterocycles. The van der Waals surface area contributed by atoms with Crippen LogP contribution in [0.15, 0.2) is 61.1 Å². The van der Waals surface area contributed by atoms with Crippen molar-refractivity contribution in [3.8, 4) is 17.1 Å². The summed E-state index contributed by atoms with van der Waals surface area (Å²) in [4.78, 5) is 21.2. The van der Waals surface area contributed by atoms with Gasteiger partial charge < -0.3 is 15.8 Å². The Balaban J connectivity index is 1.53.